The molecule has 2 nitrogen and oxygen atoms in total. The van der Waals surface area contributed by atoms with Crippen molar-refractivity contribution in [3.8, 4) is 11.3 Å². The summed E-state index contributed by atoms with van der Waals surface area (Å²) in [5.41, 5.74) is 3.31. The maximum atomic E-state index is 5.34. The molecule has 0 unspecified atom stereocenters. The lowest BCUT2D eigenvalue weighted by Crippen LogP contribution is -2.17. The quantitative estimate of drug-likeness (QED) is 0.770. The predicted octanol–water partition coefficient (Wildman–Crippen LogP) is 4.47. The van der Waals surface area contributed by atoms with E-state index in [1.807, 2.05) is 6.92 Å². The van der Waals surface area contributed by atoms with Crippen LogP contribution in [0.15, 0.2) is 16.8 Å². The molecule has 0 amide bonds. The molecule has 0 radical (unpaired) electrons. The van der Waals surface area contributed by atoms with Crippen molar-refractivity contribution < 1.29 is 0 Å². The highest BCUT2D eigenvalue weighted by Crippen LogP contribution is 2.27. The van der Waals surface area contributed by atoms with Gasteiger partial charge in [-0.1, -0.05) is 33.0 Å². The molecule has 0 spiro atoms. The van der Waals surface area contributed by atoms with E-state index in [4.69, 9.17) is 12.2 Å². The van der Waals surface area contributed by atoms with Crippen LogP contribution in [0.3, 0.4) is 0 Å². The lowest BCUT2D eigenvalue weighted by Gasteiger charge is -2.19. The molecule has 2 rings (SSSR count). The van der Waals surface area contributed by atoms with Crippen molar-refractivity contribution in [2.75, 3.05) is 0 Å². The van der Waals surface area contributed by atoms with Crippen molar-refractivity contribution in [3.63, 3.8) is 0 Å². The first kappa shape index (κ1) is 12.5. The second-order valence-electron chi connectivity index (χ2n) is 5.15. The number of aromatic amines is 1. The smallest absolute Gasteiger partial charge is 0.133 e. The van der Waals surface area contributed by atoms with Crippen LogP contribution in [0.2, 0.25) is 0 Å². The Labute approximate surface area is 111 Å². The molecule has 0 saturated carbocycles. The first-order valence-electron chi connectivity index (χ1n) is 5.53. The van der Waals surface area contributed by atoms with Crippen molar-refractivity contribution in [1.82, 2.24) is 9.97 Å². The molecule has 2 aromatic rings. The van der Waals surface area contributed by atoms with Crippen LogP contribution < -0.4 is 0 Å². The van der Waals surface area contributed by atoms with E-state index in [0.717, 1.165) is 17.1 Å². The van der Waals surface area contributed by atoms with Gasteiger partial charge >= 0.3 is 0 Å². The van der Waals surface area contributed by atoms with E-state index < -0.39 is 0 Å². The Kier molecular flexibility index (Phi) is 3.19. The van der Waals surface area contributed by atoms with Gasteiger partial charge in [-0.25, -0.2) is 4.98 Å². The number of rotatable bonds is 1. The van der Waals surface area contributed by atoms with Crippen LogP contribution in [0.4, 0.5) is 0 Å². The van der Waals surface area contributed by atoms with Gasteiger partial charge in [0.25, 0.3) is 0 Å². The molecule has 0 aliphatic heterocycles. The molecule has 0 saturated heterocycles. The van der Waals surface area contributed by atoms with Gasteiger partial charge in [0.2, 0.25) is 0 Å². The molecule has 4 heteroatoms. The molecule has 2 heterocycles. The Morgan fingerprint density at radius 2 is 2.06 bits per heavy atom. The molecule has 90 valence electrons. The highest BCUT2D eigenvalue weighted by atomic mass is 32.1. The maximum absolute atomic E-state index is 5.34. The average molecular weight is 264 g/mol. The number of aromatic nitrogens is 2. The first-order chi connectivity index (χ1) is 7.89. The van der Waals surface area contributed by atoms with E-state index in [2.05, 4.69) is 47.6 Å². The molecular weight excluding hydrogens is 248 g/mol. The fourth-order valence-electron chi connectivity index (χ4n) is 1.58. The average Bonchev–Trinajstić information content (AvgIpc) is 2.73. The summed E-state index contributed by atoms with van der Waals surface area (Å²) >= 11 is 7.03. The lowest BCUT2D eigenvalue weighted by molar-refractivity contribution is 0.544. The Balaban J connectivity index is 2.68. The van der Waals surface area contributed by atoms with Crippen LogP contribution in [0.5, 0.6) is 0 Å². The largest absolute Gasteiger partial charge is 0.342 e. The molecule has 0 fully saturated rings. The Morgan fingerprint density at radius 1 is 1.35 bits per heavy atom. The fourth-order valence-corrected chi connectivity index (χ4v) is 2.42. The summed E-state index contributed by atoms with van der Waals surface area (Å²) in [6.07, 6.45) is 0. The van der Waals surface area contributed by atoms with Gasteiger partial charge < -0.3 is 4.98 Å². The van der Waals surface area contributed by atoms with Crippen LogP contribution in [0.1, 0.15) is 32.2 Å². The van der Waals surface area contributed by atoms with Crippen LogP contribution >= 0.6 is 23.6 Å². The van der Waals surface area contributed by atoms with E-state index in [0.29, 0.717) is 4.64 Å². The summed E-state index contributed by atoms with van der Waals surface area (Å²) in [6, 6.07) is 2.10. The minimum atomic E-state index is -0.0218. The monoisotopic (exact) mass is 264 g/mol. The number of thiophene rings is 1. The summed E-state index contributed by atoms with van der Waals surface area (Å²) in [5, 5.41) is 4.20. The van der Waals surface area contributed by atoms with Gasteiger partial charge in [-0.3, -0.25) is 0 Å². The van der Waals surface area contributed by atoms with Crippen molar-refractivity contribution in [2.45, 2.75) is 33.1 Å². The summed E-state index contributed by atoms with van der Waals surface area (Å²) in [4.78, 5) is 7.90. The normalized spacial score (nSPS) is 11.8. The van der Waals surface area contributed by atoms with E-state index in [-0.39, 0.29) is 5.41 Å². The Bertz CT molecular complexity index is 574. The van der Waals surface area contributed by atoms with Crippen LogP contribution in [-0.4, -0.2) is 9.97 Å². The Hall–Kier alpha value is -1.00. The minimum Gasteiger partial charge on any atom is -0.342 e. The zero-order chi connectivity index (χ0) is 12.6. The first-order valence-corrected chi connectivity index (χ1v) is 6.88. The molecule has 2 aromatic heterocycles. The van der Waals surface area contributed by atoms with Gasteiger partial charge in [0.05, 0.1) is 5.69 Å². The third-order valence-electron chi connectivity index (χ3n) is 2.67. The molecule has 0 aromatic carbocycles. The van der Waals surface area contributed by atoms with Crippen LogP contribution in [-0.2, 0) is 5.41 Å². The Morgan fingerprint density at radius 3 is 2.59 bits per heavy atom. The van der Waals surface area contributed by atoms with Gasteiger partial charge in [0.15, 0.2) is 0 Å². The number of H-pyrrole nitrogens is 1. The van der Waals surface area contributed by atoms with Gasteiger partial charge in [-0.2, -0.15) is 11.3 Å². The van der Waals surface area contributed by atoms with E-state index in [1.165, 1.54) is 5.56 Å². The molecule has 0 bridgehead atoms. The van der Waals surface area contributed by atoms with Gasteiger partial charge in [-0.05, 0) is 18.4 Å². The summed E-state index contributed by atoms with van der Waals surface area (Å²) in [7, 11) is 0. The topological polar surface area (TPSA) is 28.7 Å². The van der Waals surface area contributed by atoms with Gasteiger partial charge in [0, 0.05) is 21.9 Å². The van der Waals surface area contributed by atoms with Crippen LogP contribution in [0.25, 0.3) is 11.3 Å². The van der Waals surface area contributed by atoms with Crippen molar-refractivity contribution >= 4 is 23.6 Å². The summed E-state index contributed by atoms with van der Waals surface area (Å²) in [5.74, 6) is 0.939. The minimum absolute atomic E-state index is 0.0218. The second-order valence-corrected chi connectivity index (χ2v) is 6.32. The maximum Gasteiger partial charge on any atom is 0.133 e. The SMILES string of the molecule is Cc1c(-c2ccsc2)[nH]c(C(C)(C)C)nc1=S. The molecule has 17 heavy (non-hydrogen) atoms. The highest BCUT2D eigenvalue weighted by Gasteiger charge is 2.18. The summed E-state index contributed by atoms with van der Waals surface area (Å²) in [6.45, 7) is 8.42. The number of hydrogen-bond acceptors (Lipinski definition) is 3. The zero-order valence-electron chi connectivity index (χ0n) is 10.5. The van der Waals surface area contributed by atoms with Crippen LogP contribution in [0, 0.1) is 11.6 Å². The third kappa shape index (κ3) is 2.48. The van der Waals surface area contributed by atoms with E-state index in [9.17, 15) is 0 Å². The van der Waals surface area contributed by atoms with Gasteiger partial charge in [-0.15, -0.1) is 0 Å². The molecule has 0 aliphatic rings. The molecule has 1 N–H and O–H groups in total. The van der Waals surface area contributed by atoms with Gasteiger partial charge in [0.1, 0.15) is 10.5 Å². The number of hydrogen-bond donors (Lipinski definition) is 1. The van der Waals surface area contributed by atoms with Crippen molar-refractivity contribution in [3.05, 3.63) is 32.9 Å². The third-order valence-corrected chi connectivity index (χ3v) is 3.75. The van der Waals surface area contributed by atoms with Crippen molar-refractivity contribution in [2.24, 2.45) is 0 Å². The predicted molar refractivity (Wildman–Crippen MR) is 76.2 cm³/mol. The van der Waals surface area contributed by atoms with Crippen molar-refractivity contribution in [1.29, 1.82) is 0 Å². The molecule has 0 aliphatic carbocycles. The molecular formula is C13H16N2S2. The lowest BCUT2D eigenvalue weighted by atomic mass is 9.95. The summed E-state index contributed by atoms with van der Waals surface area (Å²) < 4.78 is 0.690. The van der Waals surface area contributed by atoms with E-state index in [1.54, 1.807) is 11.3 Å². The highest BCUT2D eigenvalue weighted by molar-refractivity contribution is 7.71. The second kappa shape index (κ2) is 4.35. The zero-order valence-corrected chi connectivity index (χ0v) is 12.1. The number of nitrogens with one attached hydrogen (secondary N) is 1. The molecule has 0 atom stereocenters. The standard InChI is InChI=1S/C13H16N2S2/c1-8-10(9-5-6-17-7-9)14-12(13(2,3)4)15-11(8)16/h5-7H,1-4H3,(H,14,15,16). The number of nitrogens with zero attached hydrogens (tertiary/aromatic N) is 1. The fraction of sp³-hybridized carbons (Fsp3) is 0.385. The van der Waals surface area contributed by atoms with E-state index >= 15 is 0 Å².